The standard InChI is InChI=1S/C16H32N2O/c1-4-10-19-15-6-5-9-18(12-15)16-8-7-14(16)11-17-13(2)3/h13-17H,4-12H2,1-3H3. The zero-order valence-corrected chi connectivity index (χ0v) is 13.0. The number of nitrogens with one attached hydrogen (secondary N) is 1. The fraction of sp³-hybridized carbons (Fsp3) is 1.00. The van der Waals surface area contributed by atoms with Gasteiger partial charge in [0.1, 0.15) is 0 Å². The number of nitrogens with zero attached hydrogens (tertiary/aromatic N) is 1. The molecule has 1 saturated carbocycles. The predicted octanol–water partition coefficient (Wildman–Crippen LogP) is 2.65. The highest BCUT2D eigenvalue weighted by atomic mass is 16.5. The van der Waals surface area contributed by atoms with Gasteiger partial charge < -0.3 is 10.1 Å². The molecule has 3 nitrogen and oxygen atoms in total. The van der Waals surface area contributed by atoms with E-state index in [-0.39, 0.29) is 0 Å². The van der Waals surface area contributed by atoms with Crippen LogP contribution in [0.25, 0.3) is 0 Å². The Balaban J connectivity index is 1.74. The molecule has 0 amide bonds. The number of likely N-dealkylation sites (tertiary alicyclic amines) is 1. The van der Waals surface area contributed by atoms with Crippen LogP contribution in [-0.2, 0) is 4.74 Å². The number of piperidine rings is 1. The van der Waals surface area contributed by atoms with Gasteiger partial charge in [-0.3, -0.25) is 4.90 Å². The molecule has 1 saturated heterocycles. The second-order valence-electron chi connectivity index (χ2n) is 6.60. The maximum Gasteiger partial charge on any atom is 0.0702 e. The quantitative estimate of drug-likeness (QED) is 0.768. The first-order valence-electron chi connectivity index (χ1n) is 8.29. The molecule has 3 heteroatoms. The molecule has 2 aliphatic rings. The lowest BCUT2D eigenvalue weighted by Gasteiger charge is -2.47. The Morgan fingerprint density at radius 1 is 1.26 bits per heavy atom. The van der Waals surface area contributed by atoms with Crippen LogP contribution in [0.2, 0.25) is 0 Å². The van der Waals surface area contributed by atoms with E-state index in [0.29, 0.717) is 12.1 Å². The van der Waals surface area contributed by atoms with Crippen molar-refractivity contribution in [3.8, 4) is 0 Å². The van der Waals surface area contributed by atoms with E-state index in [4.69, 9.17) is 4.74 Å². The summed E-state index contributed by atoms with van der Waals surface area (Å²) >= 11 is 0. The molecule has 1 aliphatic carbocycles. The monoisotopic (exact) mass is 268 g/mol. The van der Waals surface area contributed by atoms with Gasteiger partial charge in [-0.2, -0.15) is 0 Å². The number of rotatable bonds is 7. The van der Waals surface area contributed by atoms with Gasteiger partial charge in [0.2, 0.25) is 0 Å². The van der Waals surface area contributed by atoms with Crippen LogP contribution in [0.5, 0.6) is 0 Å². The van der Waals surface area contributed by atoms with Crippen LogP contribution >= 0.6 is 0 Å². The summed E-state index contributed by atoms with van der Waals surface area (Å²) in [7, 11) is 0. The fourth-order valence-corrected chi connectivity index (χ4v) is 3.35. The smallest absolute Gasteiger partial charge is 0.0702 e. The minimum absolute atomic E-state index is 0.494. The van der Waals surface area contributed by atoms with E-state index in [1.165, 1.54) is 45.3 Å². The second kappa shape index (κ2) is 7.61. The van der Waals surface area contributed by atoms with E-state index >= 15 is 0 Å². The van der Waals surface area contributed by atoms with Crippen molar-refractivity contribution in [2.24, 2.45) is 5.92 Å². The van der Waals surface area contributed by atoms with E-state index < -0.39 is 0 Å². The van der Waals surface area contributed by atoms with Crippen molar-refractivity contribution in [1.82, 2.24) is 10.2 Å². The molecule has 19 heavy (non-hydrogen) atoms. The van der Waals surface area contributed by atoms with Crippen LogP contribution in [0, 0.1) is 5.92 Å². The molecule has 0 radical (unpaired) electrons. The molecule has 3 unspecified atom stereocenters. The van der Waals surface area contributed by atoms with E-state index in [1.54, 1.807) is 0 Å². The Kier molecular flexibility index (Phi) is 6.11. The molecule has 1 heterocycles. The summed E-state index contributed by atoms with van der Waals surface area (Å²) in [6.07, 6.45) is 7.01. The zero-order chi connectivity index (χ0) is 13.7. The summed E-state index contributed by atoms with van der Waals surface area (Å²) in [5.41, 5.74) is 0. The van der Waals surface area contributed by atoms with Gasteiger partial charge in [-0.05, 0) is 51.1 Å². The lowest BCUT2D eigenvalue weighted by molar-refractivity contribution is -0.0396. The highest BCUT2D eigenvalue weighted by Gasteiger charge is 2.37. The van der Waals surface area contributed by atoms with Crippen LogP contribution in [0.15, 0.2) is 0 Å². The van der Waals surface area contributed by atoms with Crippen molar-refractivity contribution in [3.05, 3.63) is 0 Å². The Hall–Kier alpha value is -0.120. The molecule has 112 valence electrons. The van der Waals surface area contributed by atoms with Crippen molar-refractivity contribution < 1.29 is 4.74 Å². The topological polar surface area (TPSA) is 24.5 Å². The maximum absolute atomic E-state index is 5.96. The van der Waals surface area contributed by atoms with Gasteiger partial charge in [0.25, 0.3) is 0 Å². The molecule has 0 aromatic rings. The lowest BCUT2D eigenvalue weighted by Crippen LogP contribution is -2.55. The third-order valence-electron chi connectivity index (χ3n) is 4.60. The molecule has 3 atom stereocenters. The summed E-state index contributed by atoms with van der Waals surface area (Å²) in [4.78, 5) is 2.71. The van der Waals surface area contributed by atoms with Gasteiger partial charge in [0.05, 0.1) is 6.10 Å². The number of ether oxygens (including phenoxy) is 1. The first-order chi connectivity index (χ1) is 9.20. The summed E-state index contributed by atoms with van der Waals surface area (Å²) in [5.74, 6) is 0.868. The van der Waals surface area contributed by atoms with Crippen molar-refractivity contribution >= 4 is 0 Å². The Morgan fingerprint density at radius 3 is 2.74 bits per heavy atom. The highest BCUT2D eigenvalue weighted by molar-refractivity contribution is 4.92. The average Bonchev–Trinajstić information content (AvgIpc) is 2.35. The van der Waals surface area contributed by atoms with Crippen LogP contribution in [-0.4, -0.2) is 49.3 Å². The van der Waals surface area contributed by atoms with E-state index in [1.807, 2.05) is 0 Å². The van der Waals surface area contributed by atoms with Crippen molar-refractivity contribution in [3.63, 3.8) is 0 Å². The molecule has 0 spiro atoms. The molecule has 0 aromatic carbocycles. The summed E-state index contributed by atoms with van der Waals surface area (Å²) < 4.78 is 5.96. The van der Waals surface area contributed by atoms with Gasteiger partial charge >= 0.3 is 0 Å². The van der Waals surface area contributed by atoms with Crippen LogP contribution in [0.3, 0.4) is 0 Å². The molecule has 2 fully saturated rings. The van der Waals surface area contributed by atoms with Gasteiger partial charge in [0.15, 0.2) is 0 Å². The first kappa shape index (κ1) is 15.3. The Bertz CT molecular complexity index is 257. The minimum atomic E-state index is 0.494. The van der Waals surface area contributed by atoms with Crippen LogP contribution in [0.1, 0.15) is 52.9 Å². The summed E-state index contributed by atoms with van der Waals surface area (Å²) in [6, 6.07) is 1.43. The molecule has 1 N–H and O–H groups in total. The van der Waals surface area contributed by atoms with Crippen molar-refractivity contribution in [2.45, 2.75) is 71.1 Å². The van der Waals surface area contributed by atoms with E-state index in [0.717, 1.165) is 25.0 Å². The van der Waals surface area contributed by atoms with Gasteiger partial charge in [-0.1, -0.05) is 20.8 Å². The van der Waals surface area contributed by atoms with Gasteiger partial charge in [-0.15, -0.1) is 0 Å². The third kappa shape index (κ3) is 4.44. The van der Waals surface area contributed by atoms with Crippen molar-refractivity contribution in [2.75, 3.05) is 26.2 Å². The second-order valence-corrected chi connectivity index (χ2v) is 6.60. The van der Waals surface area contributed by atoms with Gasteiger partial charge in [0, 0.05) is 25.2 Å². The van der Waals surface area contributed by atoms with E-state index in [9.17, 15) is 0 Å². The highest BCUT2D eigenvalue weighted by Crippen LogP contribution is 2.33. The first-order valence-corrected chi connectivity index (χ1v) is 8.29. The SMILES string of the molecule is CCCOC1CCCN(C2CCC2CNC(C)C)C1. The molecule has 0 aromatic heterocycles. The molecule has 0 bridgehead atoms. The molecular formula is C16H32N2O. The largest absolute Gasteiger partial charge is 0.377 e. The minimum Gasteiger partial charge on any atom is -0.377 e. The number of hydrogen-bond donors (Lipinski definition) is 1. The van der Waals surface area contributed by atoms with Crippen LogP contribution in [0.4, 0.5) is 0 Å². The maximum atomic E-state index is 5.96. The third-order valence-corrected chi connectivity index (χ3v) is 4.60. The lowest BCUT2D eigenvalue weighted by atomic mass is 9.77. The number of hydrogen-bond acceptors (Lipinski definition) is 3. The normalized spacial score (nSPS) is 32.5. The Labute approximate surface area is 119 Å². The summed E-state index contributed by atoms with van der Waals surface area (Å²) in [6.45, 7) is 11.3. The van der Waals surface area contributed by atoms with Crippen LogP contribution < -0.4 is 5.32 Å². The Morgan fingerprint density at radius 2 is 2.11 bits per heavy atom. The molecular weight excluding hydrogens is 236 g/mol. The molecule has 2 rings (SSSR count). The fourth-order valence-electron chi connectivity index (χ4n) is 3.35. The van der Waals surface area contributed by atoms with Crippen molar-refractivity contribution in [1.29, 1.82) is 0 Å². The summed E-state index contributed by atoms with van der Waals surface area (Å²) in [5, 5.41) is 3.60. The predicted molar refractivity (Wildman–Crippen MR) is 80.5 cm³/mol. The van der Waals surface area contributed by atoms with E-state index in [2.05, 4.69) is 31.0 Å². The van der Waals surface area contributed by atoms with Gasteiger partial charge in [-0.25, -0.2) is 0 Å². The molecule has 1 aliphatic heterocycles. The zero-order valence-electron chi connectivity index (χ0n) is 13.0. The average molecular weight is 268 g/mol.